The maximum Gasteiger partial charge on any atom is 0.245 e. The van der Waals surface area contributed by atoms with Gasteiger partial charge in [-0.3, -0.25) is 4.90 Å². The van der Waals surface area contributed by atoms with E-state index in [-0.39, 0.29) is 12.2 Å². The molecule has 2 aliphatic rings. The van der Waals surface area contributed by atoms with Crippen molar-refractivity contribution < 1.29 is 13.9 Å². The lowest BCUT2D eigenvalue weighted by Crippen LogP contribution is -2.40. The average Bonchev–Trinajstić information content (AvgIpc) is 3.21. The summed E-state index contributed by atoms with van der Waals surface area (Å²) in [5.41, 5.74) is 1.12. The monoisotopic (exact) mass is 330 g/mol. The van der Waals surface area contributed by atoms with Crippen LogP contribution in [0.2, 0.25) is 0 Å². The lowest BCUT2D eigenvalue weighted by atomic mass is 9.99. The Balaban J connectivity index is 1.43. The Morgan fingerprint density at radius 2 is 2.21 bits per heavy atom. The highest BCUT2D eigenvalue weighted by Crippen LogP contribution is 2.38. The minimum absolute atomic E-state index is 0.0691. The molecule has 2 fully saturated rings. The molecule has 0 bridgehead atoms. The van der Waals surface area contributed by atoms with Gasteiger partial charge in [0.2, 0.25) is 17.7 Å². The van der Waals surface area contributed by atoms with Crippen LogP contribution >= 0.6 is 0 Å². The SMILES string of the molecule is COc1ncccc1CN1CC[C@@H]2O[C@H](c3nnc(C)o3)CC[C@@H]21. The predicted molar refractivity (Wildman–Crippen MR) is 85.5 cm³/mol. The van der Waals surface area contributed by atoms with Crippen LogP contribution in [0.4, 0.5) is 0 Å². The molecule has 2 aromatic rings. The van der Waals surface area contributed by atoms with Crippen molar-refractivity contribution in [2.75, 3.05) is 13.7 Å². The number of fused-ring (bicyclic) bond motifs is 1. The van der Waals surface area contributed by atoms with Crippen molar-refractivity contribution in [3.05, 3.63) is 35.7 Å². The Morgan fingerprint density at radius 3 is 3.00 bits per heavy atom. The minimum atomic E-state index is -0.0691. The summed E-state index contributed by atoms with van der Waals surface area (Å²) in [6.07, 6.45) is 4.91. The lowest BCUT2D eigenvalue weighted by molar-refractivity contribution is -0.0818. The summed E-state index contributed by atoms with van der Waals surface area (Å²) in [6.45, 7) is 3.66. The van der Waals surface area contributed by atoms with Gasteiger partial charge in [0.1, 0.15) is 6.10 Å². The topological polar surface area (TPSA) is 73.5 Å². The van der Waals surface area contributed by atoms with Crippen molar-refractivity contribution >= 4 is 0 Å². The fourth-order valence-corrected chi connectivity index (χ4v) is 3.78. The van der Waals surface area contributed by atoms with E-state index in [0.717, 1.165) is 37.9 Å². The number of hydrogen-bond donors (Lipinski definition) is 0. The van der Waals surface area contributed by atoms with Crippen molar-refractivity contribution in [3.8, 4) is 5.88 Å². The summed E-state index contributed by atoms with van der Waals surface area (Å²) in [5.74, 6) is 1.91. The van der Waals surface area contributed by atoms with Gasteiger partial charge in [0.15, 0.2) is 0 Å². The summed E-state index contributed by atoms with van der Waals surface area (Å²) < 4.78 is 17.2. The first-order valence-electron chi connectivity index (χ1n) is 8.42. The molecule has 128 valence electrons. The number of likely N-dealkylation sites (tertiary alicyclic amines) is 1. The van der Waals surface area contributed by atoms with Gasteiger partial charge in [-0.1, -0.05) is 6.07 Å². The third-order valence-corrected chi connectivity index (χ3v) is 4.90. The first-order chi connectivity index (χ1) is 11.7. The molecule has 4 heterocycles. The Bertz CT molecular complexity index is 705. The first kappa shape index (κ1) is 15.5. The van der Waals surface area contributed by atoms with Crippen molar-refractivity contribution in [1.29, 1.82) is 0 Å². The Labute approximate surface area is 141 Å². The fourth-order valence-electron chi connectivity index (χ4n) is 3.78. The van der Waals surface area contributed by atoms with Gasteiger partial charge in [-0.2, -0.15) is 0 Å². The lowest BCUT2D eigenvalue weighted by Gasteiger charge is -2.34. The van der Waals surface area contributed by atoms with Crippen molar-refractivity contribution in [1.82, 2.24) is 20.1 Å². The van der Waals surface area contributed by atoms with Crippen LogP contribution in [0.15, 0.2) is 22.7 Å². The molecule has 2 saturated heterocycles. The zero-order chi connectivity index (χ0) is 16.5. The summed E-state index contributed by atoms with van der Waals surface area (Å²) >= 11 is 0. The van der Waals surface area contributed by atoms with Crippen LogP contribution < -0.4 is 4.74 Å². The molecular weight excluding hydrogens is 308 g/mol. The van der Waals surface area contributed by atoms with E-state index in [4.69, 9.17) is 13.9 Å². The van der Waals surface area contributed by atoms with E-state index < -0.39 is 0 Å². The number of rotatable bonds is 4. The molecule has 0 saturated carbocycles. The van der Waals surface area contributed by atoms with Crippen molar-refractivity contribution in [3.63, 3.8) is 0 Å². The largest absolute Gasteiger partial charge is 0.481 e. The Kier molecular flexibility index (Phi) is 4.20. The van der Waals surface area contributed by atoms with E-state index in [2.05, 4.69) is 26.1 Å². The molecule has 0 amide bonds. The third kappa shape index (κ3) is 2.89. The summed E-state index contributed by atoms with van der Waals surface area (Å²) in [4.78, 5) is 6.76. The van der Waals surface area contributed by atoms with E-state index in [1.54, 1.807) is 20.2 Å². The second kappa shape index (κ2) is 6.49. The van der Waals surface area contributed by atoms with Crippen molar-refractivity contribution in [2.24, 2.45) is 0 Å². The van der Waals surface area contributed by atoms with Gasteiger partial charge in [0.05, 0.1) is 13.2 Å². The highest BCUT2D eigenvalue weighted by atomic mass is 16.5. The molecule has 0 unspecified atom stereocenters. The van der Waals surface area contributed by atoms with Gasteiger partial charge in [-0.05, 0) is 25.3 Å². The van der Waals surface area contributed by atoms with E-state index in [0.29, 0.717) is 23.7 Å². The molecular formula is C17H22N4O3. The maximum absolute atomic E-state index is 6.25. The van der Waals surface area contributed by atoms with E-state index >= 15 is 0 Å². The molecule has 2 aliphatic heterocycles. The van der Waals surface area contributed by atoms with Gasteiger partial charge < -0.3 is 13.9 Å². The second-order valence-electron chi connectivity index (χ2n) is 6.40. The molecule has 3 atom stereocenters. The molecule has 2 aromatic heterocycles. The molecule has 0 aromatic carbocycles. The second-order valence-corrected chi connectivity index (χ2v) is 6.40. The molecule has 0 aliphatic carbocycles. The number of nitrogens with zero attached hydrogens (tertiary/aromatic N) is 4. The third-order valence-electron chi connectivity index (χ3n) is 4.90. The quantitative estimate of drug-likeness (QED) is 0.851. The molecule has 7 nitrogen and oxygen atoms in total. The zero-order valence-electron chi connectivity index (χ0n) is 14.0. The number of aryl methyl sites for hydroxylation is 1. The molecule has 0 spiro atoms. The normalized spacial score (nSPS) is 27.2. The number of ether oxygens (including phenoxy) is 2. The van der Waals surface area contributed by atoms with Crippen LogP contribution in [0.3, 0.4) is 0 Å². The minimum Gasteiger partial charge on any atom is -0.481 e. The van der Waals surface area contributed by atoms with Crippen molar-refractivity contribution in [2.45, 2.75) is 51.0 Å². The summed E-state index contributed by atoms with van der Waals surface area (Å²) in [7, 11) is 1.67. The number of pyridine rings is 1. The Hall–Kier alpha value is -1.99. The predicted octanol–water partition coefficient (Wildman–Crippen LogP) is 2.28. The molecule has 0 N–H and O–H groups in total. The average molecular weight is 330 g/mol. The van der Waals surface area contributed by atoms with Gasteiger partial charge in [0, 0.05) is 37.8 Å². The zero-order valence-corrected chi connectivity index (χ0v) is 14.0. The van der Waals surface area contributed by atoms with E-state index in [9.17, 15) is 0 Å². The highest BCUT2D eigenvalue weighted by molar-refractivity contribution is 5.25. The van der Waals surface area contributed by atoms with Crippen LogP contribution in [0.25, 0.3) is 0 Å². The maximum atomic E-state index is 6.25. The standard InChI is InChI=1S/C17H22N4O3/c1-11-19-20-17(23-11)15-6-5-13-14(24-15)7-9-21(13)10-12-4-3-8-18-16(12)22-2/h3-4,8,13-15H,5-7,9-10H2,1-2H3/t13-,14-,15-/m0/s1. The number of methoxy groups -OCH3 is 1. The highest BCUT2D eigenvalue weighted by Gasteiger charge is 2.41. The first-order valence-corrected chi connectivity index (χ1v) is 8.42. The van der Waals surface area contributed by atoms with Crippen LogP contribution in [0.1, 0.15) is 42.7 Å². The fraction of sp³-hybridized carbons (Fsp3) is 0.588. The molecule has 0 radical (unpaired) electrons. The van der Waals surface area contributed by atoms with Crippen LogP contribution in [0, 0.1) is 6.92 Å². The summed E-state index contributed by atoms with van der Waals surface area (Å²) in [6, 6.07) is 4.46. The van der Waals surface area contributed by atoms with Gasteiger partial charge in [-0.15, -0.1) is 10.2 Å². The summed E-state index contributed by atoms with van der Waals surface area (Å²) in [5, 5.41) is 8.02. The van der Waals surface area contributed by atoms with E-state index in [1.807, 2.05) is 6.07 Å². The van der Waals surface area contributed by atoms with Crippen LogP contribution in [-0.2, 0) is 11.3 Å². The smallest absolute Gasteiger partial charge is 0.245 e. The van der Waals surface area contributed by atoms with Gasteiger partial charge >= 0.3 is 0 Å². The van der Waals surface area contributed by atoms with Crippen LogP contribution in [0.5, 0.6) is 5.88 Å². The molecule has 24 heavy (non-hydrogen) atoms. The number of aromatic nitrogens is 3. The van der Waals surface area contributed by atoms with Gasteiger partial charge in [-0.25, -0.2) is 4.98 Å². The molecule has 4 rings (SSSR count). The molecule has 7 heteroatoms. The number of hydrogen-bond acceptors (Lipinski definition) is 7. The Morgan fingerprint density at radius 1 is 1.29 bits per heavy atom. The van der Waals surface area contributed by atoms with Gasteiger partial charge in [0.25, 0.3) is 0 Å². The van der Waals surface area contributed by atoms with Crippen LogP contribution in [-0.4, -0.2) is 45.9 Å². The van der Waals surface area contributed by atoms with E-state index in [1.165, 1.54) is 0 Å².